The number of aliphatic carboxylic acids is 1. The van der Waals surface area contributed by atoms with Gasteiger partial charge in [-0.1, -0.05) is 27.7 Å². The summed E-state index contributed by atoms with van der Waals surface area (Å²) in [5.74, 6) is -1.63. The van der Waals surface area contributed by atoms with Crippen molar-refractivity contribution in [3.05, 3.63) is 56.9 Å². The zero-order valence-corrected chi connectivity index (χ0v) is 22.7. The van der Waals surface area contributed by atoms with Gasteiger partial charge in [-0.15, -0.1) is 0 Å². The molecule has 2 aliphatic heterocycles. The van der Waals surface area contributed by atoms with E-state index in [0.717, 1.165) is 16.5 Å². The number of nitrogens with one attached hydrogen (secondary N) is 1. The first-order valence-corrected chi connectivity index (χ1v) is 13.3. The van der Waals surface area contributed by atoms with E-state index in [-0.39, 0.29) is 54.3 Å². The van der Waals surface area contributed by atoms with Crippen molar-refractivity contribution in [3.63, 3.8) is 0 Å². The molecule has 0 unspecified atom stereocenters. The van der Waals surface area contributed by atoms with Crippen molar-refractivity contribution < 1.29 is 34.1 Å². The number of carboxylic acid groups (broad SMARTS) is 1. The van der Waals surface area contributed by atoms with E-state index in [1.165, 1.54) is 0 Å². The number of aryl methyl sites for hydroxylation is 1. The van der Waals surface area contributed by atoms with E-state index in [2.05, 4.69) is 5.32 Å². The van der Waals surface area contributed by atoms with Gasteiger partial charge in [-0.2, -0.15) is 0 Å². The first kappa shape index (κ1) is 27.3. The largest absolute Gasteiger partial charge is 0.480 e. The van der Waals surface area contributed by atoms with Crippen molar-refractivity contribution in [1.82, 2.24) is 14.9 Å². The van der Waals surface area contributed by atoms with Gasteiger partial charge in [0.15, 0.2) is 5.60 Å². The van der Waals surface area contributed by atoms with Gasteiger partial charge in [0, 0.05) is 16.5 Å². The molecule has 11 nitrogen and oxygen atoms in total. The minimum atomic E-state index is -1.91. The van der Waals surface area contributed by atoms with E-state index in [1.807, 2.05) is 20.8 Å². The SMILES string of the molecule is CCc1c2c(nc3ccc(OC(=O)N[C@@H](CC(C)C)C(=O)O)cc13)-c1cc3c(c(=O)n1C2)COC(=O)[C@]3(O)CC. The fourth-order valence-corrected chi connectivity index (χ4v) is 5.58. The molecule has 5 rings (SSSR count). The number of cyclic esters (lactones) is 1. The lowest BCUT2D eigenvalue weighted by molar-refractivity contribution is -0.172. The minimum Gasteiger partial charge on any atom is -0.480 e. The Bertz CT molecular complexity index is 1630. The van der Waals surface area contributed by atoms with E-state index in [0.29, 0.717) is 23.3 Å². The highest BCUT2D eigenvalue weighted by Crippen LogP contribution is 2.40. The van der Waals surface area contributed by atoms with Gasteiger partial charge in [0.1, 0.15) is 18.4 Å². The maximum atomic E-state index is 13.5. The quantitative estimate of drug-likeness (QED) is 0.294. The smallest absolute Gasteiger partial charge is 0.413 e. The average molecular weight is 550 g/mol. The van der Waals surface area contributed by atoms with Gasteiger partial charge >= 0.3 is 18.0 Å². The summed E-state index contributed by atoms with van der Waals surface area (Å²) in [6, 6.07) is 5.54. The second-order valence-electron chi connectivity index (χ2n) is 10.6. The van der Waals surface area contributed by atoms with Crippen molar-refractivity contribution in [2.45, 2.75) is 71.8 Å². The molecule has 0 bridgehead atoms. The van der Waals surface area contributed by atoms with Crippen LogP contribution < -0.4 is 15.6 Å². The fraction of sp³-hybridized carbons (Fsp3) is 0.414. The van der Waals surface area contributed by atoms with Crippen molar-refractivity contribution in [1.29, 1.82) is 0 Å². The molecule has 4 heterocycles. The number of aromatic nitrogens is 2. The van der Waals surface area contributed by atoms with Crippen molar-refractivity contribution in [3.8, 4) is 17.1 Å². The number of carbonyl (C=O) groups excluding carboxylic acids is 2. The number of benzene rings is 1. The summed E-state index contributed by atoms with van der Waals surface area (Å²) in [4.78, 5) is 54.7. The predicted molar refractivity (Wildman–Crippen MR) is 144 cm³/mol. The highest BCUT2D eigenvalue weighted by Gasteiger charge is 2.45. The van der Waals surface area contributed by atoms with Crippen LogP contribution in [-0.2, 0) is 39.5 Å². The normalized spacial score (nSPS) is 18.1. The number of pyridine rings is 2. The van der Waals surface area contributed by atoms with Crippen LogP contribution in [0, 0.1) is 5.92 Å². The highest BCUT2D eigenvalue weighted by atomic mass is 16.6. The maximum Gasteiger partial charge on any atom is 0.413 e. The number of carboxylic acids is 1. The predicted octanol–water partition coefficient (Wildman–Crippen LogP) is 3.23. The summed E-state index contributed by atoms with van der Waals surface area (Å²) in [5, 5.41) is 23.6. The molecule has 40 heavy (non-hydrogen) atoms. The summed E-state index contributed by atoms with van der Waals surface area (Å²) in [7, 11) is 0. The summed E-state index contributed by atoms with van der Waals surface area (Å²) in [6.45, 7) is 7.40. The standard InChI is InChI=1S/C29H31N3O8/c1-5-16-17-10-15(40-28(37)31-22(26(34)35)9-14(3)4)7-8-21(17)30-24-18(16)12-32-23(24)11-20-19(25(32)33)13-39-27(36)29(20,38)6-2/h7-8,10-11,14,22,38H,5-6,9,12-13H2,1-4H3,(H,31,37)(H,34,35)/t22-,29-/m0/s1. The van der Waals surface area contributed by atoms with Crippen LogP contribution in [0.2, 0.25) is 0 Å². The van der Waals surface area contributed by atoms with E-state index < -0.39 is 29.7 Å². The van der Waals surface area contributed by atoms with E-state index >= 15 is 0 Å². The molecular weight excluding hydrogens is 518 g/mol. The number of nitrogens with zero attached hydrogens (tertiary/aromatic N) is 2. The summed E-state index contributed by atoms with van der Waals surface area (Å²) in [6.07, 6.45) is 0.0396. The highest BCUT2D eigenvalue weighted by molar-refractivity contribution is 5.90. The number of ether oxygens (including phenoxy) is 2. The van der Waals surface area contributed by atoms with Crippen LogP contribution in [0.3, 0.4) is 0 Å². The molecule has 0 saturated carbocycles. The van der Waals surface area contributed by atoms with Crippen LogP contribution in [0.5, 0.6) is 5.75 Å². The fourth-order valence-electron chi connectivity index (χ4n) is 5.58. The Hall–Kier alpha value is -4.25. The first-order valence-electron chi connectivity index (χ1n) is 13.3. The van der Waals surface area contributed by atoms with Crippen molar-refractivity contribution >= 4 is 28.9 Å². The Labute approximate surface area is 229 Å². The van der Waals surface area contributed by atoms with Crippen LogP contribution >= 0.6 is 0 Å². The summed E-state index contributed by atoms with van der Waals surface area (Å²) in [5.41, 5.74) is 1.70. The Morgan fingerprint density at radius 2 is 1.95 bits per heavy atom. The number of fused-ring (bicyclic) bond motifs is 5. The number of aliphatic hydroxyl groups is 1. The molecule has 210 valence electrons. The molecule has 0 radical (unpaired) electrons. The lowest BCUT2D eigenvalue weighted by atomic mass is 9.86. The molecule has 2 aromatic heterocycles. The number of amides is 1. The average Bonchev–Trinajstić information content (AvgIpc) is 3.27. The number of carbonyl (C=O) groups is 3. The van der Waals surface area contributed by atoms with E-state index in [9.17, 15) is 29.4 Å². The van der Waals surface area contributed by atoms with Crippen LogP contribution in [0.1, 0.15) is 62.8 Å². The second-order valence-corrected chi connectivity index (χ2v) is 10.6. The molecule has 0 aliphatic carbocycles. The summed E-state index contributed by atoms with van der Waals surface area (Å²) < 4.78 is 12.1. The zero-order valence-electron chi connectivity index (χ0n) is 22.7. The third-order valence-electron chi connectivity index (χ3n) is 7.64. The van der Waals surface area contributed by atoms with Crippen LogP contribution in [0.15, 0.2) is 29.1 Å². The molecule has 2 atom stereocenters. The monoisotopic (exact) mass is 549 g/mol. The molecule has 0 spiro atoms. The Kier molecular flexibility index (Phi) is 6.87. The first-order chi connectivity index (χ1) is 19.0. The van der Waals surface area contributed by atoms with Crippen LogP contribution in [0.25, 0.3) is 22.3 Å². The third-order valence-corrected chi connectivity index (χ3v) is 7.64. The molecule has 1 amide bonds. The zero-order chi connectivity index (χ0) is 28.9. The van der Waals surface area contributed by atoms with Crippen molar-refractivity contribution in [2.24, 2.45) is 5.92 Å². The lowest BCUT2D eigenvalue weighted by Crippen LogP contribution is -2.44. The summed E-state index contributed by atoms with van der Waals surface area (Å²) >= 11 is 0. The van der Waals surface area contributed by atoms with Crippen LogP contribution in [0.4, 0.5) is 4.79 Å². The topological polar surface area (TPSA) is 157 Å². The van der Waals surface area contributed by atoms with Gasteiger partial charge < -0.3 is 29.6 Å². The lowest BCUT2D eigenvalue weighted by Gasteiger charge is -2.31. The van der Waals surface area contributed by atoms with E-state index in [1.54, 1.807) is 35.8 Å². The molecule has 1 aromatic carbocycles. The van der Waals surface area contributed by atoms with Gasteiger partial charge in [0.05, 0.1) is 29.0 Å². The number of rotatable bonds is 7. The van der Waals surface area contributed by atoms with E-state index in [4.69, 9.17) is 14.5 Å². The van der Waals surface area contributed by atoms with Gasteiger partial charge in [-0.25, -0.2) is 19.4 Å². The van der Waals surface area contributed by atoms with Crippen LogP contribution in [-0.4, -0.2) is 43.8 Å². The number of hydrogen-bond acceptors (Lipinski definition) is 8. The molecule has 0 fully saturated rings. The van der Waals surface area contributed by atoms with Gasteiger partial charge in [0.2, 0.25) is 0 Å². The van der Waals surface area contributed by atoms with Crippen molar-refractivity contribution in [2.75, 3.05) is 0 Å². The minimum absolute atomic E-state index is 0.0565. The maximum absolute atomic E-state index is 13.5. The molecule has 11 heteroatoms. The number of hydrogen-bond donors (Lipinski definition) is 3. The second kappa shape index (κ2) is 10.1. The Morgan fingerprint density at radius 3 is 2.60 bits per heavy atom. The molecular formula is C29H31N3O8. The number of esters is 1. The van der Waals surface area contributed by atoms with Gasteiger partial charge in [0.25, 0.3) is 5.56 Å². The third kappa shape index (κ3) is 4.40. The Morgan fingerprint density at radius 1 is 1.20 bits per heavy atom. The molecule has 3 N–H and O–H groups in total. The molecule has 0 saturated heterocycles. The molecule has 3 aromatic rings. The van der Waals surface area contributed by atoms with Gasteiger partial charge in [-0.3, -0.25) is 4.79 Å². The Balaban J connectivity index is 1.54. The van der Waals surface area contributed by atoms with Gasteiger partial charge in [-0.05, 0) is 55.0 Å². The molecule has 2 aliphatic rings.